The predicted octanol–water partition coefficient (Wildman–Crippen LogP) is 2.79. The number of hydrogen-bond acceptors (Lipinski definition) is 3. The van der Waals surface area contributed by atoms with Gasteiger partial charge in [0.25, 0.3) is 5.56 Å². The van der Waals surface area contributed by atoms with Gasteiger partial charge in [0.2, 0.25) is 5.91 Å². The van der Waals surface area contributed by atoms with Crippen LogP contribution in [0, 0.1) is 0 Å². The molecule has 0 bridgehead atoms. The highest BCUT2D eigenvalue weighted by atomic mass is 16.2. The van der Waals surface area contributed by atoms with E-state index in [4.69, 9.17) is 0 Å². The van der Waals surface area contributed by atoms with Gasteiger partial charge in [0.1, 0.15) is 5.52 Å². The molecule has 1 aromatic carbocycles. The van der Waals surface area contributed by atoms with Crippen LogP contribution in [0.5, 0.6) is 0 Å². The van der Waals surface area contributed by atoms with E-state index < -0.39 is 0 Å². The molecule has 0 spiro atoms. The second-order valence-electron chi connectivity index (χ2n) is 6.76. The van der Waals surface area contributed by atoms with E-state index in [1.807, 2.05) is 47.0 Å². The lowest BCUT2D eigenvalue weighted by Gasteiger charge is -2.11. The molecule has 28 heavy (non-hydrogen) atoms. The molecular weight excluding hydrogens is 352 g/mol. The number of nitrogens with zero attached hydrogens (tertiary/aromatic N) is 3. The van der Waals surface area contributed by atoms with Gasteiger partial charge in [-0.2, -0.15) is 0 Å². The minimum atomic E-state index is -0.131. The summed E-state index contributed by atoms with van der Waals surface area (Å²) in [4.78, 5) is 29.4. The Hall–Kier alpha value is -3.41. The molecule has 142 valence electrons. The highest BCUT2D eigenvalue weighted by molar-refractivity contribution is 5.77. The molecule has 0 fully saturated rings. The molecular formula is C22H22N4O2. The predicted molar refractivity (Wildman–Crippen MR) is 109 cm³/mol. The zero-order valence-electron chi connectivity index (χ0n) is 15.5. The van der Waals surface area contributed by atoms with Crippen molar-refractivity contribution in [2.75, 3.05) is 6.54 Å². The van der Waals surface area contributed by atoms with E-state index in [2.05, 4.69) is 22.4 Å². The highest BCUT2D eigenvalue weighted by Crippen LogP contribution is 2.13. The van der Waals surface area contributed by atoms with Crippen LogP contribution in [0.4, 0.5) is 0 Å². The maximum absolute atomic E-state index is 12.8. The topological polar surface area (TPSA) is 68.4 Å². The molecule has 4 rings (SSSR count). The van der Waals surface area contributed by atoms with Crippen molar-refractivity contribution in [3.8, 4) is 0 Å². The Morgan fingerprint density at radius 3 is 2.68 bits per heavy atom. The molecule has 0 aliphatic heterocycles. The summed E-state index contributed by atoms with van der Waals surface area (Å²) < 4.78 is 3.43. The largest absolute Gasteiger partial charge is 0.356 e. The van der Waals surface area contributed by atoms with E-state index >= 15 is 0 Å². The lowest BCUT2D eigenvalue weighted by Crippen LogP contribution is -2.29. The summed E-state index contributed by atoms with van der Waals surface area (Å²) in [7, 11) is 0. The van der Waals surface area contributed by atoms with Gasteiger partial charge in [-0.25, -0.2) is 4.98 Å². The van der Waals surface area contributed by atoms with Crippen LogP contribution in [0.2, 0.25) is 0 Å². The van der Waals surface area contributed by atoms with Gasteiger partial charge in [0.15, 0.2) is 5.65 Å². The zero-order chi connectivity index (χ0) is 19.3. The van der Waals surface area contributed by atoms with Crippen LogP contribution in [0.1, 0.15) is 18.4 Å². The van der Waals surface area contributed by atoms with Crippen LogP contribution in [0.25, 0.3) is 16.7 Å². The Morgan fingerprint density at radius 1 is 1.00 bits per heavy atom. The number of nitrogens with one attached hydrogen (secondary N) is 1. The summed E-state index contributed by atoms with van der Waals surface area (Å²) in [6.07, 6.45) is 5.58. The average Bonchev–Trinajstić information content (AvgIpc) is 3.22. The molecule has 0 aliphatic rings. The average molecular weight is 374 g/mol. The van der Waals surface area contributed by atoms with Gasteiger partial charge in [-0.3, -0.25) is 14.2 Å². The fraction of sp³-hybridized carbons (Fsp3) is 0.227. The summed E-state index contributed by atoms with van der Waals surface area (Å²) in [5.74, 6) is -0.0562. The molecule has 3 heterocycles. The number of carbonyl (C=O) groups is 1. The first kappa shape index (κ1) is 18.0. The third-order valence-corrected chi connectivity index (χ3v) is 4.86. The van der Waals surface area contributed by atoms with E-state index in [0.29, 0.717) is 24.3 Å². The van der Waals surface area contributed by atoms with E-state index in [1.165, 1.54) is 5.56 Å². The quantitative estimate of drug-likeness (QED) is 0.506. The Morgan fingerprint density at radius 2 is 1.82 bits per heavy atom. The van der Waals surface area contributed by atoms with Crippen LogP contribution in [0.15, 0.2) is 71.8 Å². The van der Waals surface area contributed by atoms with Gasteiger partial charge in [-0.1, -0.05) is 30.3 Å². The third kappa shape index (κ3) is 3.67. The molecule has 0 unspecified atom stereocenters. The van der Waals surface area contributed by atoms with Gasteiger partial charge in [-0.05, 0) is 42.7 Å². The van der Waals surface area contributed by atoms with Crippen molar-refractivity contribution in [2.45, 2.75) is 25.8 Å². The lowest BCUT2D eigenvalue weighted by atomic mass is 10.1. The molecule has 0 aliphatic carbocycles. The molecule has 1 amide bonds. The van der Waals surface area contributed by atoms with Crippen LogP contribution < -0.4 is 10.9 Å². The van der Waals surface area contributed by atoms with E-state index in [0.717, 1.165) is 18.4 Å². The number of fused-ring (bicyclic) bond motifs is 3. The van der Waals surface area contributed by atoms with Crippen molar-refractivity contribution in [1.82, 2.24) is 19.3 Å². The van der Waals surface area contributed by atoms with Crippen molar-refractivity contribution in [1.29, 1.82) is 0 Å². The summed E-state index contributed by atoms with van der Waals surface area (Å²) in [6.45, 7) is 0.928. The number of pyridine rings is 1. The number of rotatable bonds is 7. The summed E-state index contributed by atoms with van der Waals surface area (Å²) in [5.41, 5.74) is 3.16. The Kier molecular flexibility index (Phi) is 5.19. The normalized spacial score (nSPS) is 11.1. The smallest absolute Gasteiger partial charge is 0.276 e. The second-order valence-corrected chi connectivity index (χ2v) is 6.76. The first-order chi connectivity index (χ1) is 13.7. The fourth-order valence-electron chi connectivity index (χ4n) is 3.46. The van der Waals surface area contributed by atoms with E-state index in [-0.39, 0.29) is 17.9 Å². The molecule has 3 aromatic heterocycles. The molecule has 4 aromatic rings. The second kappa shape index (κ2) is 8.08. The number of carbonyl (C=O) groups excluding carboxylic acids is 1. The number of amides is 1. The maximum atomic E-state index is 12.8. The maximum Gasteiger partial charge on any atom is 0.276 e. The molecule has 0 radical (unpaired) electrons. The van der Waals surface area contributed by atoms with Crippen molar-refractivity contribution >= 4 is 22.6 Å². The van der Waals surface area contributed by atoms with Gasteiger partial charge in [0, 0.05) is 31.9 Å². The zero-order valence-corrected chi connectivity index (χ0v) is 15.5. The number of aryl methyl sites for hydroxylation is 2. The third-order valence-electron chi connectivity index (χ3n) is 4.86. The van der Waals surface area contributed by atoms with Crippen molar-refractivity contribution < 1.29 is 4.79 Å². The first-order valence-electron chi connectivity index (χ1n) is 9.49. The summed E-state index contributed by atoms with van der Waals surface area (Å²) in [6, 6.07) is 17.6. The van der Waals surface area contributed by atoms with Crippen LogP contribution >= 0.6 is 0 Å². The van der Waals surface area contributed by atoms with Crippen molar-refractivity contribution in [3.05, 3.63) is 82.9 Å². The minimum Gasteiger partial charge on any atom is -0.356 e. The van der Waals surface area contributed by atoms with Crippen molar-refractivity contribution in [3.63, 3.8) is 0 Å². The molecule has 6 nitrogen and oxygen atoms in total. The van der Waals surface area contributed by atoms with Crippen molar-refractivity contribution in [2.24, 2.45) is 0 Å². The van der Waals surface area contributed by atoms with E-state index in [1.54, 1.807) is 16.8 Å². The van der Waals surface area contributed by atoms with Crippen LogP contribution in [-0.4, -0.2) is 26.4 Å². The monoisotopic (exact) mass is 374 g/mol. The minimum absolute atomic E-state index is 0.0562. The number of benzene rings is 1. The standard InChI is InChI=1S/C22H22N4O2/c27-20(23-13-4-9-17-7-2-1-3-8-17)12-16-26-21-18(10-5-14-24-21)25-15-6-11-19(25)22(26)28/h1-3,5-8,10-11,14-15H,4,9,12-13,16H2,(H,23,27). The number of aromatic nitrogens is 3. The van der Waals surface area contributed by atoms with Crippen LogP contribution in [-0.2, 0) is 17.8 Å². The first-order valence-corrected chi connectivity index (χ1v) is 9.49. The van der Waals surface area contributed by atoms with Gasteiger partial charge >= 0.3 is 0 Å². The fourth-order valence-corrected chi connectivity index (χ4v) is 3.46. The molecule has 0 saturated heterocycles. The SMILES string of the molecule is O=C(CCn1c(=O)c2cccn2c2cccnc21)NCCCc1ccccc1. The Balaban J connectivity index is 1.40. The number of hydrogen-bond donors (Lipinski definition) is 1. The highest BCUT2D eigenvalue weighted by Gasteiger charge is 2.12. The Labute approximate surface area is 162 Å². The molecule has 0 saturated carbocycles. The van der Waals surface area contributed by atoms with Gasteiger partial charge in [0.05, 0.1) is 5.52 Å². The Bertz CT molecular complexity index is 1160. The van der Waals surface area contributed by atoms with E-state index in [9.17, 15) is 9.59 Å². The summed E-state index contributed by atoms with van der Waals surface area (Å²) in [5, 5.41) is 2.94. The van der Waals surface area contributed by atoms with Crippen LogP contribution in [0.3, 0.4) is 0 Å². The molecule has 6 heteroatoms. The summed E-state index contributed by atoms with van der Waals surface area (Å²) >= 11 is 0. The van der Waals surface area contributed by atoms with Gasteiger partial charge < -0.3 is 9.72 Å². The molecule has 1 N–H and O–H groups in total. The van der Waals surface area contributed by atoms with Gasteiger partial charge in [-0.15, -0.1) is 0 Å². The lowest BCUT2D eigenvalue weighted by molar-refractivity contribution is -0.121. The molecule has 0 atom stereocenters.